The van der Waals surface area contributed by atoms with Crippen molar-refractivity contribution in [2.75, 3.05) is 0 Å². The van der Waals surface area contributed by atoms with Crippen LogP contribution in [0.3, 0.4) is 0 Å². The van der Waals surface area contributed by atoms with E-state index in [-0.39, 0.29) is 18.0 Å². The zero-order valence-electron chi connectivity index (χ0n) is 12.8. The second kappa shape index (κ2) is 6.89. The first kappa shape index (κ1) is 15.0. The molecule has 2 rings (SSSR count). The van der Waals surface area contributed by atoms with Crippen molar-refractivity contribution in [3.05, 3.63) is 35.4 Å². The Morgan fingerprint density at radius 3 is 2.70 bits per heavy atom. The smallest absolute Gasteiger partial charge is 0.237 e. The van der Waals surface area contributed by atoms with E-state index in [1.54, 1.807) is 0 Å². The molecule has 0 fully saturated rings. The largest absolute Gasteiger partial charge is 0.352 e. The predicted octanol–water partition coefficient (Wildman–Crippen LogP) is 2.44. The van der Waals surface area contributed by atoms with Gasteiger partial charge in [0.2, 0.25) is 5.91 Å². The molecule has 0 saturated heterocycles. The summed E-state index contributed by atoms with van der Waals surface area (Å²) in [4.78, 5) is 12.1. The van der Waals surface area contributed by atoms with Gasteiger partial charge in [-0.1, -0.05) is 31.2 Å². The molecule has 0 radical (unpaired) electrons. The maximum atomic E-state index is 12.1. The molecule has 2 N–H and O–H groups in total. The average Bonchev–Trinajstić information content (AvgIpc) is 2.46. The summed E-state index contributed by atoms with van der Waals surface area (Å²) in [5, 5.41) is 6.51. The van der Waals surface area contributed by atoms with Gasteiger partial charge < -0.3 is 10.6 Å². The van der Waals surface area contributed by atoms with E-state index in [0.717, 1.165) is 25.7 Å². The molecule has 20 heavy (non-hydrogen) atoms. The topological polar surface area (TPSA) is 41.1 Å². The van der Waals surface area contributed by atoms with Crippen LogP contribution in [-0.4, -0.2) is 24.0 Å². The molecule has 3 unspecified atom stereocenters. The van der Waals surface area contributed by atoms with Gasteiger partial charge in [-0.2, -0.15) is 0 Å². The van der Waals surface area contributed by atoms with E-state index in [2.05, 4.69) is 41.8 Å². The zero-order valence-corrected chi connectivity index (χ0v) is 12.8. The maximum absolute atomic E-state index is 12.1. The second-order valence-corrected chi connectivity index (χ2v) is 5.91. The molecule has 1 aliphatic rings. The Morgan fingerprint density at radius 1 is 1.30 bits per heavy atom. The third-order valence-corrected chi connectivity index (χ3v) is 4.23. The lowest BCUT2D eigenvalue weighted by Gasteiger charge is -2.28. The molecule has 0 aromatic heterocycles. The summed E-state index contributed by atoms with van der Waals surface area (Å²) in [6.07, 6.45) is 4.21. The Hall–Kier alpha value is -1.35. The molecule has 1 aromatic carbocycles. The van der Waals surface area contributed by atoms with Crippen LogP contribution in [-0.2, 0) is 17.6 Å². The molecule has 0 saturated carbocycles. The molecule has 3 nitrogen and oxygen atoms in total. The van der Waals surface area contributed by atoms with Gasteiger partial charge in [-0.05, 0) is 50.7 Å². The van der Waals surface area contributed by atoms with Crippen LogP contribution in [0, 0.1) is 0 Å². The highest BCUT2D eigenvalue weighted by molar-refractivity contribution is 5.81. The minimum atomic E-state index is -0.126. The van der Waals surface area contributed by atoms with E-state index in [1.165, 1.54) is 11.1 Å². The molecule has 3 atom stereocenters. The summed E-state index contributed by atoms with van der Waals surface area (Å²) in [6.45, 7) is 6.08. The van der Waals surface area contributed by atoms with Crippen LogP contribution in [0.5, 0.6) is 0 Å². The standard InChI is InChI=1S/C17H26N2O/c1-4-12(2)18-17(20)13(3)19-16-10-9-14-7-5-6-8-15(14)11-16/h5-8,12-13,16,19H,4,9-11H2,1-3H3,(H,18,20). The van der Waals surface area contributed by atoms with Crippen LogP contribution in [0.1, 0.15) is 44.7 Å². The summed E-state index contributed by atoms with van der Waals surface area (Å²) >= 11 is 0. The Bertz CT molecular complexity index is 458. The van der Waals surface area contributed by atoms with Gasteiger partial charge in [0, 0.05) is 12.1 Å². The first-order valence-electron chi connectivity index (χ1n) is 7.73. The fraction of sp³-hybridized carbons (Fsp3) is 0.588. The van der Waals surface area contributed by atoms with Gasteiger partial charge in [-0.15, -0.1) is 0 Å². The quantitative estimate of drug-likeness (QED) is 0.866. The van der Waals surface area contributed by atoms with E-state index in [0.29, 0.717) is 6.04 Å². The Balaban J connectivity index is 1.87. The zero-order chi connectivity index (χ0) is 14.5. The highest BCUT2D eigenvalue weighted by Crippen LogP contribution is 2.21. The van der Waals surface area contributed by atoms with Crippen LogP contribution >= 0.6 is 0 Å². The third kappa shape index (κ3) is 3.83. The minimum Gasteiger partial charge on any atom is -0.352 e. The van der Waals surface area contributed by atoms with Gasteiger partial charge >= 0.3 is 0 Å². The molecule has 1 amide bonds. The van der Waals surface area contributed by atoms with Crippen LogP contribution in [0.15, 0.2) is 24.3 Å². The molecule has 0 bridgehead atoms. The Morgan fingerprint density at radius 2 is 2.00 bits per heavy atom. The highest BCUT2D eigenvalue weighted by atomic mass is 16.2. The monoisotopic (exact) mass is 274 g/mol. The van der Waals surface area contributed by atoms with Crippen molar-refractivity contribution < 1.29 is 4.79 Å². The number of nitrogens with one attached hydrogen (secondary N) is 2. The van der Waals surface area contributed by atoms with E-state index < -0.39 is 0 Å². The summed E-state index contributed by atoms with van der Waals surface area (Å²) in [6, 6.07) is 9.15. The van der Waals surface area contributed by atoms with Crippen LogP contribution < -0.4 is 10.6 Å². The number of hydrogen-bond acceptors (Lipinski definition) is 2. The fourth-order valence-corrected chi connectivity index (χ4v) is 2.74. The lowest BCUT2D eigenvalue weighted by atomic mass is 9.88. The number of benzene rings is 1. The van der Waals surface area contributed by atoms with Crippen LogP contribution in [0.25, 0.3) is 0 Å². The molecule has 0 aliphatic heterocycles. The number of carbonyl (C=O) groups is 1. The first-order chi connectivity index (χ1) is 9.60. The van der Waals surface area contributed by atoms with Gasteiger partial charge in [0.1, 0.15) is 0 Å². The van der Waals surface area contributed by atoms with E-state index >= 15 is 0 Å². The van der Waals surface area contributed by atoms with E-state index in [9.17, 15) is 4.79 Å². The predicted molar refractivity (Wildman–Crippen MR) is 82.7 cm³/mol. The first-order valence-corrected chi connectivity index (χ1v) is 7.73. The summed E-state index contributed by atoms with van der Waals surface area (Å²) in [7, 11) is 0. The van der Waals surface area contributed by atoms with Gasteiger partial charge in [0.05, 0.1) is 6.04 Å². The van der Waals surface area contributed by atoms with Gasteiger partial charge in [-0.25, -0.2) is 0 Å². The van der Waals surface area contributed by atoms with Crippen molar-refractivity contribution in [3.63, 3.8) is 0 Å². The average molecular weight is 274 g/mol. The summed E-state index contributed by atoms with van der Waals surface area (Å²) in [5.74, 6) is 0.109. The van der Waals surface area contributed by atoms with Gasteiger partial charge in [0.25, 0.3) is 0 Å². The normalized spacial score (nSPS) is 20.9. The lowest BCUT2D eigenvalue weighted by molar-refractivity contribution is -0.123. The summed E-state index contributed by atoms with van der Waals surface area (Å²) < 4.78 is 0. The molecular formula is C17H26N2O. The number of amides is 1. The number of hydrogen-bond donors (Lipinski definition) is 2. The van der Waals surface area contributed by atoms with E-state index in [1.807, 2.05) is 13.8 Å². The SMILES string of the molecule is CCC(C)NC(=O)C(C)NC1CCc2ccccc2C1. The second-order valence-electron chi connectivity index (χ2n) is 5.91. The summed E-state index contributed by atoms with van der Waals surface area (Å²) in [5.41, 5.74) is 2.88. The minimum absolute atomic E-state index is 0.109. The maximum Gasteiger partial charge on any atom is 0.237 e. The van der Waals surface area contributed by atoms with Crippen molar-refractivity contribution in [2.24, 2.45) is 0 Å². The number of aryl methyl sites for hydroxylation is 1. The van der Waals surface area contributed by atoms with E-state index in [4.69, 9.17) is 0 Å². The molecular weight excluding hydrogens is 248 g/mol. The molecule has 0 heterocycles. The highest BCUT2D eigenvalue weighted by Gasteiger charge is 2.22. The number of fused-ring (bicyclic) bond motifs is 1. The fourth-order valence-electron chi connectivity index (χ4n) is 2.74. The Labute approximate surface area is 122 Å². The number of carbonyl (C=O) groups excluding carboxylic acids is 1. The molecule has 3 heteroatoms. The Kier molecular flexibility index (Phi) is 5.18. The van der Waals surface area contributed by atoms with Crippen LogP contribution in [0.2, 0.25) is 0 Å². The molecule has 1 aromatic rings. The van der Waals surface area contributed by atoms with Crippen LogP contribution in [0.4, 0.5) is 0 Å². The third-order valence-electron chi connectivity index (χ3n) is 4.23. The lowest BCUT2D eigenvalue weighted by Crippen LogP contribution is -2.50. The number of rotatable bonds is 5. The van der Waals surface area contributed by atoms with Crippen molar-refractivity contribution in [2.45, 2.75) is 64.6 Å². The molecule has 0 spiro atoms. The van der Waals surface area contributed by atoms with Crippen molar-refractivity contribution in [3.8, 4) is 0 Å². The molecule has 110 valence electrons. The van der Waals surface area contributed by atoms with Crippen molar-refractivity contribution in [1.82, 2.24) is 10.6 Å². The molecule has 1 aliphatic carbocycles. The van der Waals surface area contributed by atoms with Crippen molar-refractivity contribution in [1.29, 1.82) is 0 Å². The van der Waals surface area contributed by atoms with Gasteiger partial charge in [-0.3, -0.25) is 4.79 Å². The van der Waals surface area contributed by atoms with Crippen molar-refractivity contribution >= 4 is 5.91 Å². The van der Waals surface area contributed by atoms with Gasteiger partial charge in [0.15, 0.2) is 0 Å².